The van der Waals surface area contributed by atoms with Crippen LogP contribution in [0.1, 0.15) is 11.9 Å². The number of rotatable bonds is 2. The number of hydrogen-bond donors (Lipinski definition) is 2. The van der Waals surface area contributed by atoms with Gasteiger partial charge in [0, 0.05) is 25.6 Å². The standard InChI is InChI=1S/C14H18N4O3.CH2O2/c1-8-16-9(5-17(8)2)14-15-3-4-18(14)10-6-20-13-11(19)7-21-12(10)13;2-1-3/h3-5,10-13,19H,6-7H2,1-2H3;1H,(H,2,3)/t10-,11+,12+,13+;/m0./s1. The van der Waals surface area contributed by atoms with Gasteiger partial charge in [0.15, 0.2) is 5.82 Å². The zero-order valence-corrected chi connectivity index (χ0v) is 13.4. The van der Waals surface area contributed by atoms with Crippen LogP contribution in [0.25, 0.3) is 11.5 Å². The summed E-state index contributed by atoms with van der Waals surface area (Å²) in [6.45, 7) is 2.56. The van der Waals surface area contributed by atoms with E-state index in [0.717, 1.165) is 17.3 Å². The van der Waals surface area contributed by atoms with Gasteiger partial charge in [-0.3, -0.25) is 4.79 Å². The van der Waals surface area contributed by atoms with Gasteiger partial charge in [0.25, 0.3) is 6.47 Å². The van der Waals surface area contributed by atoms with E-state index in [9.17, 15) is 5.11 Å². The smallest absolute Gasteiger partial charge is 0.290 e. The van der Waals surface area contributed by atoms with Crippen molar-refractivity contribution in [1.82, 2.24) is 19.1 Å². The van der Waals surface area contributed by atoms with E-state index in [0.29, 0.717) is 13.2 Å². The topological polar surface area (TPSA) is 112 Å². The predicted octanol–water partition coefficient (Wildman–Crippen LogP) is -0.00758. The molecule has 2 aromatic rings. The maximum atomic E-state index is 9.85. The van der Waals surface area contributed by atoms with Gasteiger partial charge < -0.3 is 28.8 Å². The summed E-state index contributed by atoms with van der Waals surface area (Å²) in [5.74, 6) is 1.74. The van der Waals surface area contributed by atoms with Gasteiger partial charge in [0.2, 0.25) is 0 Å². The van der Waals surface area contributed by atoms with Crippen molar-refractivity contribution in [2.24, 2.45) is 7.05 Å². The number of fused-ring (bicyclic) bond motifs is 1. The second kappa shape index (κ2) is 6.71. The Morgan fingerprint density at radius 3 is 2.71 bits per heavy atom. The molecule has 0 aromatic carbocycles. The molecular formula is C15H20N4O5. The fourth-order valence-electron chi connectivity index (χ4n) is 3.14. The number of carbonyl (C=O) groups is 1. The monoisotopic (exact) mass is 336 g/mol. The number of ether oxygens (including phenoxy) is 2. The molecule has 2 aromatic heterocycles. The molecule has 0 saturated carbocycles. The highest BCUT2D eigenvalue weighted by molar-refractivity contribution is 5.49. The van der Waals surface area contributed by atoms with Crippen molar-refractivity contribution in [2.45, 2.75) is 31.3 Å². The SMILES string of the molecule is Cc1nc(-c2nccn2[C@H]2CO[C@H]3[C@@H]2OC[C@H]3O)cn1C.O=CO. The summed E-state index contributed by atoms with van der Waals surface area (Å²) in [5.41, 5.74) is 0.835. The number of aryl methyl sites for hydroxylation is 2. The minimum atomic E-state index is -0.538. The van der Waals surface area contributed by atoms with E-state index in [1.54, 1.807) is 6.20 Å². The molecule has 130 valence electrons. The number of imidazole rings is 2. The van der Waals surface area contributed by atoms with E-state index in [4.69, 9.17) is 19.4 Å². The lowest BCUT2D eigenvalue weighted by Crippen LogP contribution is -2.30. The van der Waals surface area contributed by atoms with Crippen molar-refractivity contribution in [2.75, 3.05) is 13.2 Å². The normalized spacial score (nSPS) is 28.3. The highest BCUT2D eigenvalue weighted by Gasteiger charge is 2.48. The molecule has 0 unspecified atom stereocenters. The third-order valence-electron chi connectivity index (χ3n) is 4.36. The van der Waals surface area contributed by atoms with Crippen LogP contribution >= 0.6 is 0 Å². The van der Waals surface area contributed by atoms with Crippen LogP contribution in [0.3, 0.4) is 0 Å². The first-order chi connectivity index (χ1) is 11.6. The molecule has 0 bridgehead atoms. The lowest BCUT2D eigenvalue weighted by Gasteiger charge is -2.19. The van der Waals surface area contributed by atoms with Gasteiger partial charge in [-0.2, -0.15) is 0 Å². The average Bonchev–Trinajstić information content (AvgIpc) is 3.28. The van der Waals surface area contributed by atoms with Crippen LogP contribution in [0.15, 0.2) is 18.6 Å². The van der Waals surface area contributed by atoms with Crippen molar-refractivity contribution >= 4 is 6.47 Å². The Morgan fingerprint density at radius 1 is 1.33 bits per heavy atom. The molecule has 2 N–H and O–H groups in total. The molecule has 0 aliphatic carbocycles. The van der Waals surface area contributed by atoms with E-state index in [-0.39, 0.29) is 24.7 Å². The molecule has 2 saturated heterocycles. The molecule has 2 aliphatic heterocycles. The van der Waals surface area contributed by atoms with E-state index in [1.807, 2.05) is 35.5 Å². The molecule has 2 fully saturated rings. The van der Waals surface area contributed by atoms with E-state index < -0.39 is 6.10 Å². The first-order valence-corrected chi connectivity index (χ1v) is 7.59. The van der Waals surface area contributed by atoms with E-state index in [1.165, 1.54) is 0 Å². The first-order valence-electron chi connectivity index (χ1n) is 7.59. The van der Waals surface area contributed by atoms with E-state index in [2.05, 4.69) is 9.97 Å². The predicted molar refractivity (Wildman–Crippen MR) is 82.4 cm³/mol. The van der Waals surface area contributed by atoms with E-state index >= 15 is 0 Å². The highest BCUT2D eigenvalue weighted by Crippen LogP contribution is 2.36. The summed E-state index contributed by atoms with van der Waals surface area (Å²) in [4.78, 5) is 17.3. The molecule has 4 atom stereocenters. The quantitative estimate of drug-likeness (QED) is 0.742. The molecule has 0 amide bonds. The summed E-state index contributed by atoms with van der Waals surface area (Å²) in [5, 5.41) is 16.7. The van der Waals surface area contributed by atoms with Crippen molar-refractivity contribution in [3.05, 3.63) is 24.4 Å². The number of aliphatic hydroxyl groups excluding tert-OH is 1. The Balaban J connectivity index is 0.000000526. The summed E-state index contributed by atoms with van der Waals surface area (Å²) in [7, 11) is 1.96. The Hall–Kier alpha value is -2.23. The maximum Gasteiger partial charge on any atom is 0.290 e. The highest BCUT2D eigenvalue weighted by atomic mass is 16.6. The summed E-state index contributed by atoms with van der Waals surface area (Å²) in [6.07, 6.45) is 4.74. The lowest BCUT2D eigenvalue weighted by molar-refractivity contribution is -0.122. The van der Waals surface area contributed by atoms with Crippen LogP contribution in [0.2, 0.25) is 0 Å². The number of hydrogen-bond acceptors (Lipinski definition) is 6. The van der Waals surface area contributed by atoms with Crippen LogP contribution in [0, 0.1) is 6.92 Å². The number of carboxylic acid groups (broad SMARTS) is 1. The second-order valence-electron chi connectivity index (χ2n) is 5.78. The first kappa shape index (κ1) is 16.6. The van der Waals surface area contributed by atoms with Crippen molar-refractivity contribution < 1.29 is 24.5 Å². The van der Waals surface area contributed by atoms with Gasteiger partial charge in [-0.1, -0.05) is 0 Å². The zero-order chi connectivity index (χ0) is 17.3. The minimum Gasteiger partial charge on any atom is -0.483 e. The number of nitrogens with zero attached hydrogens (tertiary/aromatic N) is 4. The maximum absolute atomic E-state index is 9.85. The minimum absolute atomic E-state index is 0.0203. The van der Waals surface area contributed by atoms with Crippen LogP contribution < -0.4 is 0 Å². The van der Waals surface area contributed by atoms with Gasteiger partial charge in [-0.15, -0.1) is 0 Å². The van der Waals surface area contributed by atoms with Crippen LogP contribution in [0.5, 0.6) is 0 Å². The molecule has 0 radical (unpaired) electrons. The Morgan fingerprint density at radius 2 is 2.04 bits per heavy atom. The van der Waals surface area contributed by atoms with Gasteiger partial charge in [-0.05, 0) is 6.92 Å². The molecule has 9 heteroatoms. The van der Waals surface area contributed by atoms with Crippen LogP contribution in [0.4, 0.5) is 0 Å². The molecule has 4 heterocycles. The Labute approximate surface area is 138 Å². The lowest BCUT2D eigenvalue weighted by atomic mass is 10.1. The summed E-state index contributed by atoms with van der Waals surface area (Å²) >= 11 is 0. The van der Waals surface area contributed by atoms with Crippen molar-refractivity contribution in [3.63, 3.8) is 0 Å². The third kappa shape index (κ3) is 2.81. The number of aromatic nitrogens is 4. The molecular weight excluding hydrogens is 316 g/mol. The second-order valence-corrected chi connectivity index (χ2v) is 5.78. The molecule has 24 heavy (non-hydrogen) atoms. The van der Waals surface area contributed by atoms with Gasteiger partial charge in [0.1, 0.15) is 29.8 Å². The summed E-state index contributed by atoms with van der Waals surface area (Å²) in [6, 6.07) is 0.0203. The molecule has 4 rings (SSSR count). The van der Waals surface area contributed by atoms with Gasteiger partial charge >= 0.3 is 0 Å². The molecule has 9 nitrogen and oxygen atoms in total. The third-order valence-corrected chi connectivity index (χ3v) is 4.36. The molecule has 2 aliphatic rings. The van der Waals surface area contributed by atoms with Gasteiger partial charge in [-0.25, -0.2) is 9.97 Å². The fraction of sp³-hybridized carbons (Fsp3) is 0.533. The Bertz CT molecular complexity index is 693. The fourth-order valence-corrected chi connectivity index (χ4v) is 3.14. The number of aliphatic hydroxyl groups is 1. The zero-order valence-electron chi connectivity index (χ0n) is 13.4. The van der Waals surface area contributed by atoms with Crippen LogP contribution in [-0.2, 0) is 21.3 Å². The summed E-state index contributed by atoms with van der Waals surface area (Å²) < 4.78 is 15.4. The van der Waals surface area contributed by atoms with Crippen molar-refractivity contribution in [3.8, 4) is 11.5 Å². The molecule has 0 spiro atoms. The largest absolute Gasteiger partial charge is 0.483 e. The van der Waals surface area contributed by atoms with Gasteiger partial charge in [0.05, 0.1) is 19.3 Å². The van der Waals surface area contributed by atoms with Crippen LogP contribution in [-0.4, -0.2) is 67.3 Å². The average molecular weight is 336 g/mol. The Kier molecular flexibility index (Phi) is 4.65. The van der Waals surface area contributed by atoms with Crippen molar-refractivity contribution in [1.29, 1.82) is 0 Å².